The van der Waals surface area contributed by atoms with Crippen LogP contribution in [-0.4, -0.2) is 12.1 Å². The number of ether oxygens (including phenoxy) is 1. The van der Waals surface area contributed by atoms with Gasteiger partial charge in [0, 0.05) is 17.8 Å². The van der Waals surface area contributed by atoms with E-state index < -0.39 is 0 Å². The van der Waals surface area contributed by atoms with E-state index in [1.54, 1.807) is 19.2 Å². The summed E-state index contributed by atoms with van der Waals surface area (Å²) in [6.07, 6.45) is 1.37. The van der Waals surface area contributed by atoms with Crippen molar-refractivity contribution in [2.24, 2.45) is 0 Å². The lowest BCUT2D eigenvalue weighted by atomic mass is 10.2. The normalized spacial score (nSPS) is 10.4. The van der Waals surface area contributed by atoms with Gasteiger partial charge in [0.05, 0.1) is 7.11 Å². The first-order valence-electron chi connectivity index (χ1n) is 3.48. The van der Waals surface area contributed by atoms with Crippen molar-refractivity contribution in [2.75, 3.05) is 12.8 Å². The summed E-state index contributed by atoms with van der Waals surface area (Å²) in [4.78, 5) is 3.98. The number of fused-ring (bicyclic) bond motifs is 1. The van der Waals surface area contributed by atoms with E-state index in [0.717, 1.165) is 0 Å². The third-order valence-electron chi connectivity index (χ3n) is 1.64. The molecule has 1 heterocycles. The molecule has 62 valence electrons. The number of benzene rings is 1. The molecular weight excluding hydrogens is 156 g/mol. The summed E-state index contributed by atoms with van der Waals surface area (Å²) in [5.41, 5.74) is 7.55. The van der Waals surface area contributed by atoms with Crippen LogP contribution in [0.1, 0.15) is 0 Å². The molecule has 0 fully saturated rings. The molecule has 1 aromatic heterocycles. The highest BCUT2D eigenvalue weighted by Crippen LogP contribution is 2.26. The molecule has 0 radical (unpaired) electrons. The first-order chi connectivity index (χ1) is 5.81. The molecule has 4 nitrogen and oxygen atoms in total. The van der Waals surface area contributed by atoms with Gasteiger partial charge in [0.2, 0.25) is 0 Å². The predicted molar refractivity (Wildman–Crippen MR) is 45.0 cm³/mol. The van der Waals surface area contributed by atoms with E-state index in [-0.39, 0.29) is 0 Å². The fourth-order valence-corrected chi connectivity index (χ4v) is 1.11. The summed E-state index contributed by atoms with van der Waals surface area (Å²) in [5, 5.41) is 0. The van der Waals surface area contributed by atoms with Crippen molar-refractivity contribution in [1.82, 2.24) is 4.98 Å². The minimum atomic E-state index is 0.608. The van der Waals surface area contributed by atoms with E-state index in [9.17, 15) is 0 Å². The van der Waals surface area contributed by atoms with E-state index in [0.29, 0.717) is 22.5 Å². The number of hydrogen-bond acceptors (Lipinski definition) is 4. The van der Waals surface area contributed by atoms with Crippen molar-refractivity contribution >= 4 is 16.8 Å². The summed E-state index contributed by atoms with van der Waals surface area (Å²) < 4.78 is 10.1. The van der Waals surface area contributed by atoms with Crippen LogP contribution in [-0.2, 0) is 0 Å². The molecule has 0 saturated heterocycles. The second kappa shape index (κ2) is 2.41. The molecule has 2 N–H and O–H groups in total. The SMILES string of the molecule is COc1cc(N)cc2ocnc12. The Morgan fingerprint density at radius 3 is 3.08 bits per heavy atom. The number of rotatable bonds is 1. The zero-order valence-electron chi connectivity index (χ0n) is 6.57. The molecule has 0 unspecified atom stereocenters. The van der Waals surface area contributed by atoms with E-state index in [2.05, 4.69) is 4.98 Å². The van der Waals surface area contributed by atoms with Crippen LogP contribution in [0.2, 0.25) is 0 Å². The van der Waals surface area contributed by atoms with Gasteiger partial charge in [-0.3, -0.25) is 0 Å². The van der Waals surface area contributed by atoms with Crippen molar-refractivity contribution in [2.45, 2.75) is 0 Å². The van der Waals surface area contributed by atoms with Crippen LogP contribution in [0.3, 0.4) is 0 Å². The number of methoxy groups -OCH3 is 1. The van der Waals surface area contributed by atoms with Crippen LogP contribution in [0.5, 0.6) is 5.75 Å². The van der Waals surface area contributed by atoms with E-state index in [4.69, 9.17) is 14.9 Å². The van der Waals surface area contributed by atoms with Crippen LogP contribution in [0, 0.1) is 0 Å². The van der Waals surface area contributed by atoms with Crippen molar-refractivity contribution in [3.63, 3.8) is 0 Å². The molecule has 12 heavy (non-hydrogen) atoms. The van der Waals surface area contributed by atoms with Gasteiger partial charge in [-0.15, -0.1) is 0 Å². The molecule has 0 aliphatic rings. The molecule has 2 aromatic rings. The number of anilines is 1. The average Bonchev–Trinajstić information content (AvgIpc) is 2.50. The van der Waals surface area contributed by atoms with Gasteiger partial charge in [-0.1, -0.05) is 0 Å². The molecule has 2 rings (SSSR count). The standard InChI is InChI=1S/C8H8N2O2/c1-11-6-2-5(9)3-7-8(6)10-4-12-7/h2-4H,9H2,1H3. The quantitative estimate of drug-likeness (QED) is 0.647. The minimum absolute atomic E-state index is 0.608. The van der Waals surface area contributed by atoms with E-state index >= 15 is 0 Å². The molecule has 0 spiro atoms. The van der Waals surface area contributed by atoms with Crippen molar-refractivity contribution in [3.05, 3.63) is 18.5 Å². The van der Waals surface area contributed by atoms with Crippen LogP contribution >= 0.6 is 0 Å². The van der Waals surface area contributed by atoms with Gasteiger partial charge in [-0.25, -0.2) is 4.98 Å². The van der Waals surface area contributed by atoms with Gasteiger partial charge in [0.1, 0.15) is 0 Å². The Hall–Kier alpha value is -1.71. The monoisotopic (exact) mass is 164 g/mol. The maximum Gasteiger partial charge on any atom is 0.182 e. The highest BCUT2D eigenvalue weighted by Gasteiger charge is 2.06. The van der Waals surface area contributed by atoms with Gasteiger partial charge in [-0.2, -0.15) is 0 Å². The maximum atomic E-state index is 5.59. The Labute approximate surface area is 68.9 Å². The molecule has 0 aliphatic carbocycles. The molecule has 0 saturated carbocycles. The van der Waals surface area contributed by atoms with Crippen LogP contribution in [0.25, 0.3) is 11.1 Å². The highest BCUT2D eigenvalue weighted by molar-refractivity contribution is 5.83. The molecule has 0 amide bonds. The number of hydrogen-bond donors (Lipinski definition) is 1. The predicted octanol–water partition coefficient (Wildman–Crippen LogP) is 1.42. The Balaban J connectivity index is 2.80. The van der Waals surface area contributed by atoms with Crippen LogP contribution < -0.4 is 10.5 Å². The van der Waals surface area contributed by atoms with Gasteiger partial charge in [0.15, 0.2) is 23.2 Å². The van der Waals surface area contributed by atoms with Crippen LogP contribution in [0.15, 0.2) is 22.9 Å². The summed E-state index contributed by atoms with van der Waals surface area (Å²) in [6, 6.07) is 3.43. The summed E-state index contributed by atoms with van der Waals surface area (Å²) in [5.74, 6) is 0.638. The van der Waals surface area contributed by atoms with Gasteiger partial charge in [-0.05, 0) is 0 Å². The molecule has 0 atom stereocenters. The lowest BCUT2D eigenvalue weighted by Crippen LogP contribution is -1.88. The van der Waals surface area contributed by atoms with Gasteiger partial charge >= 0.3 is 0 Å². The lowest BCUT2D eigenvalue weighted by molar-refractivity contribution is 0.419. The van der Waals surface area contributed by atoms with Crippen molar-refractivity contribution in [1.29, 1.82) is 0 Å². The highest BCUT2D eigenvalue weighted by atomic mass is 16.5. The fraction of sp³-hybridized carbons (Fsp3) is 0.125. The summed E-state index contributed by atoms with van der Waals surface area (Å²) >= 11 is 0. The molecule has 0 aliphatic heterocycles. The number of nitrogens with zero attached hydrogens (tertiary/aromatic N) is 1. The Bertz CT molecular complexity index is 408. The maximum absolute atomic E-state index is 5.59. The number of aromatic nitrogens is 1. The molecule has 0 bridgehead atoms. The van der Waals surface area contributed by atoms with Crippen LogP contribution in [0.4, 0.5) is 5.69 Å². The second-order valence-corrected chi connectivity index (χ2v) is 2.42. The third-order valence-corrected chi connectivity index (χ3v) is 1.64. The average molecular weight is 164 g/mol. The van der Waals surface area contributed by atoms with Gasteiger partial charge < -0.3 is 14.9 Å². The fourth-order valence-electron chi connectivity index (χ4n) is 1.11. The first-order valence-corrected chi connectivity index (χ1v) is 3.48. The summed E-state index contributed by atoms with van der Waals surface area (Å²) in [6.45, 7) is 0. The largest absolute Gasteiger partial charge is 0.494 e. The topological polar surface area (TPSA) is 61.3 Å². The number of oxazole rings is 1. The number of nitrogen functional groups attached to an aromatic ring is 1. The number of nitrogens with two attached hydrogens (primary N) is 1. The third kappa shape index (κ3) is 0.887. The van der Waals surface area contributed by atoms with E-state index in [1.807, 2.05) is 0 Å². The Morgan fingerprint density at radius 1 is 1.50 bits per heavy atom. The second-order valence-electron chi connectivity index (χ2n) is 2.42. The Morgan fingerprint density at radius 2 is 2.33 bits per heavy atom. The smallest absolute Gasteiger partial charge is 0.182 e. The summed E-state index contributed by atoms with van der Waals surface area (Å²) in [7, 11) is 1.57. The lowest BCUT2D eigenvalue weighted by Gasteiger charge is -2.00. The molecule has 4 heteroatoms. The zero-order valence-corrected chi connectivity index (χ0v) is 6.57. The van der Waals surface area contributed by atoms with Crippen molar-refractivity contribution in [3.8, 4) is 5.75 Å². The minimum Gasteiger partial charge on any atom is -0.494 e. The zero-order chi connectivity index (χ0) is 8.55. The molecule has 1 aromatic carbocycles. The van der Waals surface area contributed by atoms with Gasteiger partial charge in [0.25, 0.3) is 0 Å². The molecular formula is C8H8N2O2. The van der Waals surface area contributed by atoms with Crippen molar-refractivity contribution < 1.29 is 9.15 Å². The van der Waals surface area contributed by atoms with E-state index in [1.165, 1.54) is 6.39 Å². The first kappa shape index (κ1) is 6.97. The Kier molecular flexibility index (Phi) is 1.40.